The summed E-state index contributed by atoms with van der Waals surface area (Å²) in [6.07, 6.45) is 2.29. The number of benzene rings is 1. The van der Waals surface area contributed by atoms with Crippen LogP contribution in [0.25, 0.3) is 0 Å². The number of amides is 1. The molecule has 0 aliphatic carbocycles. The zero-order chi connectivity index (χ0) is 13.2. The van der Waals surface area contributed by atoms with Gasteiger partial charge in [0.05, 0.1) is 5.92 Å². The van der Waals surface area contributed by atoms with Gasteiger partial charge in [-0.25, -0.2) is 0 Å². The van der Waals surface area contributed by atoms with E-state index in [9.17, 15) is 4.79 Å². The van der Waals surface area contributed by atoms with Crippen molar-refractivity contribution >= 4 is 17.7 Å². The van der Waals surface area contributed by atoms with E-state index in [4.69, 9.17) is 0 Å². The Balaban J connectivity index is 1.75. The van der Waals surface area contributed by atoms with Crippen LogP contribution in [0.2, 0.25) is 0 Å². The minimum absolute atomic E-state index is 0.0665. The van der Waals surface area contributed by atoms with E-state index in [0.29, 0.717) is 11.9 Å². The highest BCUT2D eigenvalue weighted by Crippen LogP contribution is 2.40. The van der Waals surface area contributed by atoms with Crippen molar-refractivity contribution in [3.8, 4) is 0 Å². The number of piperidine rings is 1. The van der Waals surface area contributed by atoms with Crippen LogP contribution in [-0.4, -0.2) is 42.7 Å². The number of rotatable bonds is 2. The molecular weight excluding hydrogens is 256 g/mol. The molecule has 1 N–H and O–H groups in total. The first-order valence-corrected chi connectivity index (χ1v) is 7.96. The highest BCUT2D eigenvalue weighted by Gasteiger charge is 2.33. The van der Waals surface area contributed by atoms with Crippen molar-refractivity contribution in [1.29, 1.82) is 0 Å². The molecule has 0 bridgehead atoms. The number of nitrogens with zero attached hydrogens (tertiary/aromatic N) is 1. The van der Waals surface area contributed by atoms with Gasteiger partial charge in [0, 0.05) is 29.8 Å². The monoisotopic (exact) mass is 276 g/mol. The van der Waals surface area contributed by atoms with Gasteiger partial charge in [-0.3, -0.25) is 4.79 Å². The highest BCUT2D eigenvalue weighted by atomic mass is 32.2. The van der Waals surface area contributed by atoms with Gasteiger partial charge >= 0.3 is 0 Å². The standard InChI is InChI=1S/C15H20N2OS/c1-16-11-5-4-8-17(9-11)15(18)13-10-19-14-7-3-2-6-12(13)14/h2-3,6-7,11,13,16H,4-5,8-10H2,1H3. The lowest BCUT2D eigenvalue weighted by molar-refractivity contribution is -0.133. The van der Waals surface area contributed by atoms with Gasteiger partial charge in [0.1, 0.15) is 0 Å². The highest BCUT2D eigenvalue weighted by molar-refractivity contribution is 7.99. The Morgan fingerprint density at radius 3 is 3.11 bits per heavy atom. The molecule has 2 unspecified atom stereocenters. The molecule has 1 amide bonds. The summed E-state index contributed by atoms with van der Waals surface area (Å²) in [4.78, 5) is 16.0. The van der Waals surface area contributed by atoms with Gasteiger partial charge in [-0.1, -0.05) is 18.2 Å². The van der Waals surface area contributed by atoms with Gasteiger partial charge in [-0.15, -0.1) is 11.8 Å². The molecule has 1 saturated heterocycles. The number of hydrogen-bond donors (Lipinski definition) is 1. The molecule has 2 aliphatic rings. The topological polar surface area (TPSA) is 32.3 Å². The largest absolute Gasteiger partial charge is 0.341 e. The minimum atomic E-state index is 0.0665. The molecule has 1 aromatic rings. The Morgan fingerprint density at radius 1 is 1.42 bits per heavy atom. The second kappa shape index (κ2) is 5.55. The average Bonchev–Trinajstić information content (AvgIpc) is 2.90. The lowest BCUT2D eigenvalue weighted by atomic mass is 9.97. The molecule has 1 aromatic carbocycles. The zero-order valence-corrected chi connectivity index (χ0v) is 12.1. The fourth-order valence-electron chi connectivity index (χ4n) is 3.00. The van der Waals surface area contributed by atoms with Crippen molar-refractivity contribution < 1.29 is 4.79 Å². The third kappa shape index (κ3) is 2.51. The molecule has 102 valence electrons. The predicted octanol–water partition coefficient (Wildman–Crippen LogP) is 2.09. The fourth-order valence-corrected chi connectivity index (χ4v) is 4.22. The number of carbonyl (C=O) groups excluding carboxylic acids is 1. The lowest BCUT2D eigenvalue weighted by Crippen LogP contribution is -2.48. The average molecular weight is 276 g/mol. The van der Waals surface area contributed by atoms with Crippen LogP contribution in [0.4, 0.5) is 0 Å². The van der Waals surface area contributed by atoms with Gasteiger partial charge in [0.15, 0.2) is 0 Å². The number of likely N-dealkylation sites (N-methyl/N-ethyl adjacent to an activating group) is 1. The summed E-state index contributed by atoms with van der Waals surface area (Å²) in [7, 11) is 1.99. The van der Waals surface area contributed by atoms with Crippen LogP contribution in [0.3, 0.4) is 0 Å². The van der Waals surface area contributed by atoms with Crippen LogP contribution in [0.15, 0.2) is 29.2 Å². The van der Waals surface area contributed by atoms with E-state index < -0.39 is 0 Å². The smallest absolute Gasteiger partial charge is 0.231 e. The first kappa shape index (κ1) is 13.0. The molecule has 0 radical (unpaired) electrons. The summed E-state index contributed by atoms with van der Waals surface area (Å²) in [6.45, 7) is 1.78. The summed E-state index contributed by atoms with van der Waals surface area (Å²) < 4.78 is 0. The third-order valence-electron chi connectivity index (χ3n) is 4.14. The predicted molar refractivity (Wildman–Crippen MR) is 78.6 cm³/mol. The van der Waals surface area contributed by atoms with Crippen LogP contribution in [0.5, 0.6) is 0 Å². The molecule has 1 fully saturated rings. The quantitative estimate of drug-likeness (QED) is 0.897. The van der Waals surface area contributed by atoms with Crippen LogP contribution < -0.4 is 5.32 Å². The lowest BCUT2D eigenvalue weighted by Gasteiger charge is -2.34. The maximum absolute atomic E-state index is 12.7. The van der Waals surface area contributed by atoms with Gasteiger partial charge in [0.25, 0.3) is 0 Å². The van der Waals surface area contributed by atoms with Gasteiger partial charge in [0.2, 0.25) is 5.91 Å². The molecule has 3 nitrogen and oxygen atoms in total. The second-order valence-electron chi connectivity index (χ2n) is 5.31. The van der Waals surface area contributed by atoms with Gasteiger partial charge in [-0.2, -0.15) is 0 Å². The van der Waals surface area contributed by atoms with Gasteiger partial charge < -0.3 is 10.2 Å². The number of hydrogen-bond acceptors (Lipinski definition) is 3. The summed E-state index contributed by atoms with van der Waals surface area (Å²) in [6, 6.07) is 8.79. The van der Waals surface area contributed by atoms with Crippen molar-refractivity contribution in [1.82, 2.24) is 10.2 Å². The third-order valence-corrected chi connectivity index (χ3v) is 5.32. The van der Waals surface area contributed by atoms with Crippen LogP contribution in [0, 0.1) is 0 Å². The van der Waals surface area contributed by atoms with Crippen molar-refractivity contribution in [2.24, 2.45) is 0 Å². The van der Waals surface area contributed by atoms with E-state index in [0.717, 1.165) is 25.3 Å². The van der Waals surface area contributed by atoms with Crippen molar-refractivity contribution in [2.45, 2.75) is 29.7 Å². The number of carbonyl (C=O) groups is 1. The summed E-state index contributed by atoms with van der Waals surface area (Å²) in [5.74, 6) is 1.29. The van der Waals surface area contributed by atoms with E-state index in [1.165, 1.54) is 16.9 Å². The second-order valence-corrected chi connectivity index (χ2v) is 6.38. The molecule has 4 heteroatoms. The SMILES string of the molecule is CNC1CCCN(C(=O)C2CSc3ccccc32)C1. The van der Waals surface area contributed by atoms with Crippen molar-refractivity contribution in [3.05, 3.63) is 29.8 Å². The molecular formula is C15H20N2OS. The van der Waals surface area contributed by atoms with E-state index in [-0.39, 0.29) is 5.92 Å². The number of thioether (sulfide) groups is 1. The van der Waals surface area contributed by atoms with E-state index >= 15 is 0 Å². The first-order valence-electron chi connectivity index (χ1n) is 6.97. The molecule has 19 heavy (non-hydrogen) atoms. The Morgan fingerprint density at radius 2 is 2.26 bits per heavy atom. The molecule has 3 rings (SSSR count). The number of nitrogens with one attached hydrogen (secondary N) is 1. The van der Waals surface area contributed by atoms with Gasteiger partial charge in [-0.05, 0) is 31.5 Å². The fraction of sp³-hybridized carbons (Fsp3) is 0.533. The zero-order valence-electron chi connectivity index (χ0n) is 11.3. The van der Waals surface area contributed by atoms with E-state index in [1.807, 2.05) is 24.9 Å². The Labute approximate surface area is 118 Å². The first-order chi connectivity index (χ1) is 9.29. The molecule has 2 atom stereocenters. The molecule has 0 saturated carbocycles. The van der Waals surface area contributed by atoms with E-state index in [1.54, 1.807) is 0 Å². The van der Waals surface area contributed by atoms with Crippen LogP contribution in [0.1, 0.15) is 24.3 Å². The molecule has 0 spiro atoms. The van der Waals surface area contributed by atoms with Crippen molar-refractivity contribution in [3.63, 3.8) is 0 Å². The molecule has 2 aliphatic heterocycles. The van der Waals surface area contributed by atoms with Crippen LogP contribution in [-0.2, 0) is 4.79 Å². The Hall–Kier alpha value is -1.00. The number of fused-ring (bicyclic) bond motifs is 1. The molecule has 2 heterocycles. The summed E-state index contributed by atoms with van der Waals surface area (Å²) in [5.41, 5.74) is 1.23. The maximum Gasteiger partial charge on any atom is 0.231 e. The maximum atomic E-state index is 12.7. The summed E-state index contributed by atoms with van der Waals surface area (Å²) in [5, 5.41) is 3.30. The summed E-state index contributed by atoms with van der Waals surface area (Å²) >= 11 is 1.81. The van der Waals surface area contributed by atoms with E-state index in [2.05, 4.69) is 28.4 Å². The Bertz CT molecular complexity index is 477. The molecule has 0 aromatic heterocycles. The minimum Gasteiger partial charge on any atom is -0.341 e. The normalized spacial score (nSPS) is 26.3. The van der Waals surface area contributed by atoms with Crippen LogP contribution >= 0.6 is 11.8 Å². The number of likely N-dealkylation sites (tertiary alicyclic amines) is 1. The Kier molecular flexibility index (Phi) is 3.80. The van der Waals surface area contributed by atoms with Crippen molar-refractivity contribution in [2.75, 3.05) is 25.9 Å².